The first-order valence-electron chi connectivity index (χ1n) is 9.53. The van der Waals surface area contributed by atoms with E-state index in [1.54, 1.807) is 30.3 Å². The molecule has 5 nitrogen and oxygen atoms in total. The highest BCUT2D eigenvalue weighted by atomic mass is 35.5. The van der Waals surface area contributed by atoms with Crippen LogP contribution in [0, 0.1) is 31.6 Å². The molecule has 0 amide bonds. The van der Waals surface area contributed by atoms with Crippen LogP contribution in [0.2, 0.25) is 5.02 Å². The topological polar surface area (TPSA) is 72.8 Å². The number of para-hydroxylation sites is 1. The van der Waals surface area contributed by atoms with E-state index in [0.717, 1.165) is 22.6 Å². The van der Waals surface area contributed by atoms with Crippen LogP contribution in [-0.4, -0.2) is 31.0 Å². The summed E-state index contributed by atoms with van der Waals surface area (Å²) >= 11 is 6.09. The van der Waals surface area contributed by atoms with Gasteiger partial charge in [-0.3, -0.25) is 0 Å². The van der Waals surface area contributed by atoms with Crippen LogP contribution in [0.15, 0.2) is 54.1 Å². The fourth-order valence-electron chi connectivity index (χ4n) is 4.25. The minimum Gasteiger partial charge on any atom is -0.508 e. The number of benzene rings is 2. The molecule has 5 radical (unpaired) electrons. The Morgan fingerprint density at radius 1 is 1.00 bits per heavy atom. The quantitative estimate of drug-likeness (QED) is 0.705. The van der Waals surface area contributed by atoms with Crippen molar-refractivity contribution >= 4 is 27.3 Å². The predicted molar refractivity (Wildman–Crippen MR) is 114 cm³/mol. The molecular weight excluding hydrogens is 424 g/mol. The van der Waals surface area contributed by atoms with Gasteiger partial charge in [0.15, 0.2) is 5.75 Å². The normalized spacial score (nSPS) is 26.5. The van der Waals surface area contributed by atoms with Crippen LogP contribution in [-0.2, 0) is 14.9 Å². The number of phenolic OH excluding ortho intramolecular Hbond substituents is 1. The standard InChI is InChI=1S/C23H18ClO5S/c24-17-7-3-4-8-18(17)29-30(26,27)20-13-19-21(15-9-11-16(25)12-10-15)22(23(20)28-19)14-5-1-2-6-14/h1-12,19-20,23,25H,13H2/t19-,20?,23+/m1/s1. The lowest BCUT2D eigenvalue weighted by atomic mass is 9.80. The summed E-state index contributed by atoms with van der Waals surface area (Å²) in [5.41, 5.74) is 2.70. The molecule has 1 saturated heterocycles. The van der Waals surface area contributed by atoms with E-state index in [1.165, 1.54) is 6.07 Å². The third-order valence-electron chi connectivity index (χ3n) is 5.56. The molecule has 1 N–H and O–H groups in total. The van der Waals surface area contributed by atoms with E-state index in [1.807, 2.05) is 37.8 Å². The van der Waals surface area contributed by atoms with Gasteiger partial charge in [0.1, 0.15) is 17.1 Å². The summed E-state index contributed by atoms with van der Waals surface area (Å²) in [4.78, 5) is 0. The SMILES string of the molecule is O=S(=O)(Oc1ccccc1Cl)C1C[C@H]2O[C@@H]1C([C]1[CH][CH][CH][CH]1)=C2c1ccc(O)cc1. The number of phenols is 1. The second-order valence-electron chi connectivity index (χ2n) is 7.37. The van der Waals surface area contributed by atoms with Gasteiger partial charge in [0.05, 0.1) is 11.1 Å². The van der Waals surface area contributed by atoms with Gasteiger partial charge < -0.3 is 14.0 Å². The number of hydrogen-bond donors (Lipinski definition) is 1. The van der Waals surface area contributed by atoms with Crippen molar-refractivity contribution < 1.29 is 22.4 Å². The van der Waals surface area contributed by atoms with Crippen molar-refractivity contribution in [2.24, 2.45) is 0 Å². The van der Waals surface area contributed by atoms with Crippen LogP contribution in [0.4, 0.5) is 0 Å². The Hall–Kier alpha value is -2.02. The molecule has 1 aliphatic carbocycles. The van der Waals surface area contributed by atoms with Crippen LogP contribution in [0.3, 0.4) is 0 Å². The Morgan fingerprint density at radius 3 is 2.40 bits per heavy atom. The van der Waals surface area contributed by atoms with Crippen molar-refractivity contribution in [2.75, 3.05) is 0 Å². The highest BCUT2D eigenvalue weighted by molar-refractivity contribution is 7.87. The second-order valence-corrected chi connectivity index (χ2v) is 9.54. The summed E-state index contributed by atoms with van der Waals surface area (Å²) in [6, 6.07) is 13.4. The van der Waals surface area contributed by atoms with Crippen molar-refractivity contribution in [3.63, 3.8) is 0 Å². The van der Waals surface area contributed by atoms with Crippen molar-refractivity contribution in [3.8, 4) is 11.5 Å². The number of ether oxygens (including phenoxy) is 1. The van der Waals surface area contributed by atoms with E-state index < -0.39 is 21.5 Å². The second kappa shape index (κ2) is 7.59. The van der Waals surface area contributed by atoms with Gasteiger partial charge in [-0.05, 0) is 66.7 Å². The van der Waals surface area contributed by atoms with Crippen molar-refractivity contribution in [3.05, 3.63) is 96.3 Å². The lowest BCUT2D eigenvalue weighted by Crippen LogP contribution is -2.37. The van der Waals surface area contributed by atoms with Crippen molar-refractivity contribution in [1.29, 1.82) is 0 Å². The lowest BCUT2D eigenvalue weighted by molar-refractivity contribution is 0.119. The number of hydrogen-bond acceptors (Lipinski definition) is 5. The first-order valence-corrected chi connectivity index (χ1v) is 11.4. The first-order chi connectivity index (χ1) is 14.4. The van der Waals surface area contributed by atoms with Gasteiger partial charge >= 0.3 is 10.1 Å². The van der Waals surface area contributed by atoms with E-state index in [2.05, 4.69) is 0 Å². The monoisotopic (exact) mass is 441 g/mol. The van der Waals surface area contributed by atoms with E-state index in [0.29, 0.717) is 0 Å². The van der Waals surface area contributed by atoms with E-state index in [9.17, 15) is 13.5 Å². The Bertz CT molecular complexity index is 1090. The summed E-state index contributed by atoms with van der Waals surface area (Å²) in [7, 11) is -3.99. The molecule has 3 atom stereocenters. The number of halogens is 1. The molecule has 1 unspecified atom stereocenters. The fourth-order valence-corrected chi connectivity index (χ4v) is 5.90. The molecule has 30 heavy (non-hydrogen) atoms. The van der Waals surface area contributed by atoms with Crippen molar-refractivity contribution in [2.45, 2.75) is 23.9 Å². The van der Waals surface area contributed by atoms with Crippen LogP contribution in [0.5, 0.6) is 11.5 Å². The van der Waals surface area contributed by atoms with Gasteiger partial charge in [-0.25, -0.2) is 0 Å². The molecule has 0 aromatic heterocycles. The molecule has 2 fully saturated rings. The zero-order valence-corrected chi connectivity index (χ0v) is 17.3. The Labute approximate surface area is 181 Å². The zero-order valence-electron chi connectivity index (χ0n) is 15.7. The lowest BCUT2D eigenvalue weighted by Gasteiger charge is -2.27. The van der Waals surface area contributed by atoms with E-state index in [4.69, 9.17) is 20.5 Å². The van der Waals surface area contributed by atoms with Crippen LogP contribution >= 0.6 is 11.6 Å². The molecule has 0 spiro atoms. The minimum atomic E-state index is -3.99. The molecule has 2 bridgehead atoms. The third kappa shape index (κ3) is 3.41. The number of fused-ring (bicyclic) bond motifs is 2. The predicted octanol–water partition coefficient (Wildman–Crippen LogP) is 4.15. The van der Waals surface area contributed by atoms with Gasteiger partial charge in [0, 0.05) is 12.3 Å². The molecular formula is C23H18ClO5S. The summed E-state index contributed by atoms with van der Waals surface area (Å²) in [5.74, 6) is 1.20. The van der Waals surface area contributed by atoms with Gasteiger partial charge in [-0.15, -0.1) is 0 Å². The van der Waals surface area contributed by atoms with Gasteiger partial charge in [0.2, 0.25) is 0 Å². The summed E-state index contributed by atoms with van der Waals surface area (Å²) in [6.07, 6.45) is 6.97. The molecule has 2 aliphatic heterocycles. The molecule has 2 aromatic rings. The van der Waals surface area contributed by atoms with Crippen LogP contribution < -0.4 is 4.18 Å². The molecule has 1 saturated carbocycles. The third-order valence-corrected chi connectivity index (χ3v) is 7.46. The maximum atomic E-state index is 13.1. The minimum absolute atomic E-state index is 0.111. The average Bonchev–Trinajstić information content (AvgIpc) is 3.46. The number of aromatic hydroxyl groups is 1. The first kappa shape index (κ1) is 19.9. The number of rotatable bonds is 5. The van der Waals surface area contributed by atoms with E-state index in [-0.39, 0.29) is 29.0 Å². The van der Waals surface area contributed by atoms with Crippen LogP contribution in [0.25, 0.3) is 5.57 Å². The molecule has 2 heterocycles. The zero-order chi connectivity index (χ0) is 20.9. The maximum absolute atomic E-state index is 13.1. The molecule has 7 heteroatoms. The maximum Gasteiger partial charge on any atom is 0.315 e. The molecule has 2 aromatic carbocycles. The van der Waals surface area contributed by atoms with Gasteiger partial charge in [-0.1, -0.05) is 35.9 Å². The summed E-state index contributed by atoms with van der Waals surface area (Å²) in [5, 5.41) is 9.03. The van der Waals surface area contributed by atoms with Crippen molar-refractivity contribution in [1.82, 2.24) is 0 Å². The van der Waals surface area contributed by atoms with Gasteiger partial charge in [0.25, 0.3) is 0 Å². The molecule has 5 rings (SSSR count). The Kier molecular flexibility index (Phi) is 5.04. The summed E-state index contributed by atoms with van der Waals surface area (Å²) < 4.78 is 37.8. The highest BCUT2D eigenvalue weighted by Crippen LogP contribution is 2.52. The van der Waals surface area contributed by atoms with E-state index >= 15 is 0 Å². The van der Waals surface area contributed by atoms with Gasteiger partial charge in [-0.2, -0.15) is 8.42 Å². The molecule has 3 aliphatic rings. The van der Waals surface area contributed by atoms with Crippen LogP contribution in [0.1, 0.15) is 12.0 Å². The average molecular weight is 442 g/mol. The highest BCUT2D eigenvalue weighted by Gasteiger charge is 2.55. The fraction of sp³-hybridized carbons (Fsp3) is 0.174. The smallest absolute Gasteiger partial charge is 0.315 e. The Morgan fingerprint density at radius 2 is 1.70 bits per heavy atom. The Balaban J connectivity index is 1.51. The molecule has 153 valence electrons. The largest absolute Gasteiger partial charge is 0.508 e. The summed E-state index contributed by atoms with van der Waals surface area (Å²) in [6.45, 7) is 0.